The van der Waals surface area contributed by atoms with Gasteiger partial charge in [-0.3, -0.25) is 4.68 Å². The Hall–Kier alpha value is -1.51. The lowest BCUT2D eigenvalue weighted by Crippen LogP contribution is -2.26. The van der Waals surface area contributed by atoms with E-state index >= 15 is 0 Å². The fraction of sp³-hybridized carbons (Fsp3) is 0.417. The molecule has 1 heterocycles. The molecule has 0 saturated carbocycles. The zero-order valence-corrected chi connectivity index (χ0v) is 9.49. The maximum absolute atomic E-state index is 5.99. The lowest BCUT2D eigenvalue weighted by Gasteiger charge is -2.24. The number of anilines is 1. The Morgan fingerprint density at radius 2 is 2.13 bits per heavy atom. The zero-order chi connectivity index (χ0) is 11.1. The van der Waals surface area contributed by atoms with E-state index in [1.165, 1.54) is 0 Å². The van der Waals surface area contributed by atoms with Gasteiger partial charge in [0.25, 0.3) is 0 Å². The highest BCUT2D eigenvalue weighted by Crippen LogP contribution is 2.28. The standard InChI is InChI=1S/C12H17N3/c1-4-12(2,3)15-11-9(8-14-15)6-5-7-10(11)13/h5-8H,4,13H2,1-3H3. The van der Waals surface area contributed by atoms with Crippen LogP contribution in [0.2, 0.25) is 0 Å². The number of benzene rings is 1. The number of rotatable bonds is 2. The fourth-order valence-corrected chi connectivity index (χ4v) is 1.72. The van der Waals surface area contributed by atoms with Gasteiger partial charge < -0.3 is 5.73 Å². The lowest BCUT2D eigenvalue weighted by atomic mass is 10.0. The highest BCUT2D eigenvalue weighted by molar-refractivity contribution is 5.89. The minimum Gasteiger partial charge on any atom is -0.397 e. The van der Waals surface area contributed by atoms with Crippen LogP contribution in [-0.2, 0) is 5.54 Å². The van der Waals surface area contributed by atoms with Crippen LogP contribution >= 0.6 is 0 Å². The van der Waals surface area contributed by atoms with Crippen molar-refractivity contribution < 1.29 is 0 Å². The quantitative estimate of drug-likeness (QED) is 0.763. The molecule has 0 unspecified atom stereocenters. The summed E-state index contributed by atoms with van der Waals surface area (Å²) in [5, 5.41) is 5.54. The van der Waals surface area contributed by atoms with Gasteiger partial charge in [0.15, 0.2) is 0 Å². The fourth-order valence-electron chi connectivity index (χ4n) is 1.72. The van der Waals surface area contributed by atoms with Crippen molar-refractivity contribution in [1.29, 1.82) is 0 Å². The van der Waals surface area contributed by atoms with Crippen molar-refractivity contribution in [1.82, 2.24) is 9.78 Å². The summed E-state index contributed by atoms with van der Waals surface area (Å²) in [6.45, 7) is 6.50. The number of aromatic nitrogens is 2. The van der Waals surface area contributed by atoms with Crippen LogP contribution in [0.3, 0.4) is 0 Å². The Morgan fingerprint density at radius 1 is 1.40 bits per heavy atom. The van der Waals surface area contributed by atoms with Crippen LogP contribution in [0.4, 0.5) is 5.69 Å². The molecule has 0 radical (unpaired) electrons. The van der Waals surface area contributed by atoms with Gasteiger partial charge in [0, 0.05) is 5.39 Å². The molecule has 3 heteroatoms. The second kappa shape index (κ2) is 3.26. The van der Waals surface area contributed by atoms with Crippen molar-refractivity contribution in [2.45, 2.75) is 32.7 Å². The van der Waals surface area contributed by atoms with Crippen LogP contribution in [-0.4, -0.2) is 9.78 Å². The Labute approximate surface area is 89.9 Å². The van der Waals surface area contributed by atoms with Crippen molar-refractivity contribution >= 4 is 16.6 Å². The molecular formula is C12H17N3. The highest BCUT2D eigenvalue weighted by atomic mass is 15.3. The molecule has 0 amide bonds. The van der Waals surface area contributed by atoms with Gasteiger partial charge in [0.2, 0.25) is 0 Å². The predicted molar refractivity (Wildman–Crippen MR) is 63.8 cm³/mol. The van der Waals surface area contributed by atoms with Gasteiger partial charge in [-0.2, -0.15) is 5.10 Å². The van der Waals surface area contributed by atoms with Crippen molar-refractivity contribution in [2.75, 3.05) is 5.73 Å². The second-order valence-corrected chi connectivity index (χ2v) is 4.51. The molecule has 2 rings (SSSR count). The van der Waals surface area contributed by atoms with Crippen LogP contribution < -0.4 is 5.73 Å². The van der Waals surface area contributed by atoms with Gasteiger partial charge in [-0.1, -0.05) is 19.1 Å². The first-order valence-corrected chi connectivity index (χ1v) is 5.29. The molecule has 0 spiro atoms. The molecule has 0 atom stereocenters. The number of nitrogens with two attached hydrogens (primary N) is 1. The van der Waals surface area contributed by atoms with E-state index in [0.29, 0.717) is 0 Å². The Morgan fingerprint density at radius 3 is 2.80 bits per heavy atom. The average molecular weight is 203 g/mol. The number of nitrogen functional groups attached to an aromatic ring is 1. The molecule has 2 N–H and O–H groups in total. The SMILES string of the molecule is CCC(C)(C)n1ncc2cccc(N)c21. The van der Waals surface area contributed by atoms with Crippen LogP contribution in [0.15, 0.2) is 24.4 Å². The molecule has 80 valence electrons. The molecule has 2 aromatic rings. The molecule has 15 heavy (non-hydrogen) atoms. The Bertz CT molecular complexity index is 483. The molecule has 0 aliphatic carbocycles. The summed E-state index contributed by atoms with van der Waals surface area (Å²) in [6, 6.07) is 5.93. The maximum Gasteiger partial charge on any atom is 0.0917 e. The number of fused-ring (bicyclic) bond motifs is 1. The van der Waals surface area contributed by atoms with Gasteiger partial charge in [-0.05, 0) is 26.3 Å². The van der Waals surface area contributed by atoms with Gasteiger partial charge in [-0.25, -0.2) is 0 Å². The molecule has 0 bridgehead atoms. The maximum atomic E-state index is 5.99. The summed E-state index contributed by atoms with van der Waals surface area (Å²) >= 11 is 0. The Balaban J connectivity index is 2.73. The van der Waals surface area contributed by atoms with Crippen molar-refractivity contribution in [2.24, 2.45) is 0 Å². The normalized spacial score (nSPS) is 12.2. The molecule has 1 aromatic heterocycles. The minimum absolute atomic E-state index is 0.0111. The van der Waals surface area contributed by atoms with E-state index < -0.39 is 0 Å². The predicted octanol–water partition coefficient (Wildman–Crippen LogP) is 2.76. The molecular weight excluding hydrogens is 186 g/mol. The van der Waals surface area contributed by atoms with E-state index in [-0.39, 0.29) is 5.54 Å². The van der Waals surface area contributed by atoms with Crippen molar-refractivity contribution in [3.05, 3.63) is 24.4 Å². The Kier molecular flexibility index (Phi) is 2.18. The van der Waals surface area contributed by atoms with Crippen LogP contribution in [0.25, 0.3) is 10.9 Å². The molecule has 0 aliphatic rings. The molecule has 3 nitrogen and oxygen atoms in total. The molecule has 0 fully saturated rings. The smallest absolute Gasteiger partial charge is 0.0917 e. The van der Waals surface area contributed by atoms with E-state index in [1.54, 1.807) is 0 Å². The number of hydrogen-bond donors (Lipinski definition) is 1. The minimum atomic E-state index is 0.0111. The van der Waals surface area contributed by atoms with Crippen molar-refractivity contribution in [3.8, 4) is 0 Å². The van der Waals surface area contributed by atoms with E-state index in [4.69, 9.17) is 5.73 Å². The van der Waals surface area contributed by atoms with Gasteiger partial charge in [0.1, 0.15) is 0 Å². The summed E-state index contributed by atoms with van der Waals surface area (Å²) in [7, 11) is 0. The topological polar surface area (TPSA) is 43.8 Å². The van der Waals surface area contributed by atoms with Crippen LogP contribution in [0, 0.1) is 0 Å². The van der Waals surface area contributed by atoms with Gasteiger partial charge in [-0.15, -0.1) is 0 Å². The average Bonchev–Trinajstić information content (AvgIpc) is 2.63. The summed E-state index contributed by atoms with van der Waals surface area (Å²) in [5.41, 5.74) is 7.85. The molecule has 1 aromatic carbocycles. The van der Waals surface area contributed by atoms with Crippen LogP contribution in [0.1, 0.15) is 27.2 Å². The van der Waals surface area contributed by atoms with Crippen LogP contribution in [0.5, 0.6) is 0 Å². The summed E-state index contributed by atoms with van der Waals surface area (Å²) in [6.07, 6.45) is 2.90. The number of hydrogen-bond acceptors (Lipinski definition) is 2. The summed E-state index contributed by atoms with van der Waals surface area (Å²) < 4.78 is 2.03. The third kappa shape index (κ3) is 1.48. The van der Waals surface area contributed by atoms with E-state index in [9.17, 15) is 0 Å². The van der Waals surface area contributed by atoms with Gasteiger partial charge >= 0.3 is 0 Å². The van der Waals surface area contributed by atoms with E-state index in [1.807, 2.05) is 29.1 Å². The van der Waals surface area contributed by atoms with Gasteiger partial charge in [0.05, 0.1) is 22.9 Å². The number of para-hydroxylation sites is 1. The zero-order valence-electron chi connectivity index (χ0n) is 9.49. The molecule has 0 aliphatic heterocycles. The first kappa shape index (κ1) is 10.0. The van der Waals surface area contributed by atoms with Crippen molar-refractivity contribution in [3.63, 3.8) is 0 Å². The highest BCUT2D eigenvalue weighted by Gasteiger charge is 2.21. The third-order valence-electron chi connectivity index (χ3n) is 3.06. The summed E-state index contributed by atoms with van der Waals surface area (Å²) in [5.74, 6) is 0. The summed E-state index contributed by atoms with van der Waals surface area (Å²) in [4.78, 5) is 0. The monoisotopic (exact) mass is 203 g/mol. The van der Waals surface area contributed by atoms with E-state index in [2.05, 4.69) is 25.9 Å². The first-order valence-electron chi connectivity index (χ1n) is 5.29. The largest absolute Gasteiger partial charge is 0.397 e. The first-order chi connectivity index (χ1) is 7.06. The molecule has 0 saturated heterocycles. The van der Waals surface area contributed by atoms with E-state index in [0.717, 1.165) is 23.0 Å². The third-order valence-corrected chi connectivity index (χ3v) is 3.06. The second-order valence-electron chi connectivity index (χ2n) is 4.51. The lowest BCUT2D eigenvalue weighted by molar-refractivity contribution is 0.319. The number of nitrogens with zero attached hydrogens (tertiary/aromatic N) is 2.